The summed E-state index contributed by atoms with van der Waals surface area (Å²) < 4.78 is 2.12. The van der Waals surface area contributed by atoms with Crippen LogP contribution in [-0.4, -0.2) is 16.1 Å². The zero-order valence-electron chi connectivity index (χ0n) is 11.0. The average Bonchev–Trinajstić information content (AvgIpc) is 2.96. The van der Waals surface area contributed by atoms with Gasteiger partial charge in [0.05, 0.1) is 6.33 Å². The first kappa shape index (κ1) is 11.3. The van der Waals surface area contributed by atoms with Crippen molar-refractivity contribution in [2.24, 2.45) is 0 Å². The van der Waals surface area contributed by atoms with Gasteiger partial charge in [-0.15, -0.1) is 0 Å². The number of aryl methyl sites for hydroxylation is 2. The number of aromatic nitrogens is 2. The maximum Gasteiger partial charge on any atom is 0.0946 e. The molecule has 1 aromatic heterocycles. The molecule has 2 heterocycles. The molecule has 3 heteroatoms. The monoisotopic (exact) mass is 241 g/mol. The van der Waals surface area contributed by atoms with Gasteiger partial charge in [-0.05, 0) is 23.6 Å². The third-order valence-electron chi connectivity index (χ3n) is 3.75. The molecular weight excluding hydrogens is 222 g/mol. The Kier molecular flexibility index (Phi) is 2.62. The van der Waals surface area contributed by atoms with Crippen LogP contribution in [0.4, 0.5) is 5.69 Å². The number of benzene rings is 1. The molecule has 0 saturated heterocycles. The highest BCUT2D eigenvalue weighted by Gasteiger charge is 2.29. The molecule has 0 saturated carbocycles. The van der Waals surface area contributed by atoms with Crippen molar-refractivity contribution in [1.82, 2.24) is 9.55 Å². The molecule has 0 radical (unpaired) electrons. The second-order valence-electron chi connectivity index (χ2n) is 5.67. The molecule has 18 heavy (non-hydrogen) atoms. The van der Waals surface area contributed by atoms with Crippen molar-refractivity contribution >= 4 is 5.69 Å². The second-order valence-corrected chi connectivity index (χ2v) is 5.67. The summed E-state index contributed by atoms with van der Waals surface area (Å²) in [5.74, 6) is 0. The number of rotatable bonds is 3. The van der Waals surface area contributed by atoms with Crippen molar-refractivity contribution in [1.29, 1.82) is 0 Å². The Hall–Kier alpha value is -1.77. The Bertz CT molecular complexity index is 541. The summed E-state index contributed by atoms with van der Waals surface area (Å²) in [6.07, 6.45) is 6.77. The Labute approximate surface area is 108 Å². The number of nitrogens with zero attached hydrogens (tertiary/aromatic N) is 2. The molecule has 0 fully saturated rings. The van der Waals surface area contributed by atoms with Crippen LogP contribution < -0.4 is 5.32 Å². The van der Waals surface area contributed by atoms with Gasteiger partial charge in [-0.3, -0.25) is 0 Å². The molecule has 0 spiro atoms. The highest BCUT2D eigenvalue weighted by atomic mass is 15.0. The Morgan fingerprint density at radius 2 is 2.28 bits per heavy atom. The van der Waals surface area contributed by atoms with Gasteiger partial charge in [0.25, 0.3) is 0 Å². The SMILES string of the molecule is CC1(C)CNc2ccc(CCn3ccnc3)cc21. The summed E-state index contributed by atoms with van der Waals surface area (Å²) in [5, 5.41) is 3.47. The van der Waals surface area contributed by atoms with E-state index in [2.05, 4.69) is 46.9 Å². The van der Waals surface area contributed by atoms with Gasteiger partial charge in [0.15, 0.2) is 0 Å². The molecule has 3 nitrogen and oxygen atoms in total. The molecule has 0 atom stereocenters. The largest absolute Gasteiger partial charge is 0.384 e. The van der Waals surface area contributed by atoms with Gasteiger partial charge in [-0.2, -0.15) is 0 Å². The molecule has 1 N–H and O–H groups in total. The quantitative estimate of drug-likeness (QED) is 0.895. The summed E-state index contributed by atoms with van der Waals surface area (Å²) in [6.45, 7) is 6.62. The zero-order chi connectivity index (χ0) is 12.6. The van der Waals surface area contributed by atoms with Crippen LogP contribution in [0, 0.1) is 0 Å². The summed E-state index contributed by atoms with van der Waals surface area (Å²) >= 11 is 0. The first-order valence-electron chi connectivity index (χ1n) is 6.48. The van der Waals surface area contributed by atoms with Gasteiger partial charge in [-0.1, -0.05) is 26.0 Å². The molecule has 0 unspecified atom stereocenters. The highest BCUT2D eigenvalue weighted by molar-refractivity contribution is 5.60. The third-order valence-corrected chi connectivity index (χ3v) is 3.75. The van der Waals surface area contributed by atoms with Gasteiger partial charge in [-0.25, -0.2) is 4.98 Å². The van der Waals surface area contributed by atoms with Gasteiger partial charge < -0.3 is 9.88 Å². The van der Waals surface area contributed by atoms with Crippen LogP contribution in [0.25, 0.3) is 0 Å². The number of imidazole rings is 1. The lowest BCUT2D eigenvalue weighted by atomic mass is 9.86. The van der Waals surface area contributed by atoms with E-state index in [1.165, 1.54) is 16.8 Å². The predicted molar refractivity (Wildman–Crippen MR) is 73.9 cm³/mol. The van der Waals surface area contributed by atoms with Crippen molar-refractivity contribution in [3.8, 4) is 0 Å². The topological polar surface area (TPSA) is 29.9 Å². The molecule has 0 amide bonds. The summed E-state index contributed by atoms with van der Waals surface area (Å²) in [6, 6.07) is 6.80. The van der Waals surface area contributed by atoms with E-state index in [0.29, 0.717) is 0 Å². The maximum atomic E-state index is 4.07. The lowest BCUT2D eigenvalue weighted by Gasteiger charge is -2.17. The Morgan fingerprint density at radius 1 is 1.39 bits per heavy atom. The van der Waals surface area contributed by atoms with Crippen molar-refractivity contribution in [2.45, 2.75) is 32.2 Å². The van der Waals surface area contributed by atoms with Gasteiger partial charge in [0.2, 0.25) is 0 Å². The Balaban J connectivity index is 1.78. The summed E-state index contributed by atoms with van der Waals surface area (Å²) in [7, 11) is 0. The van der Waals surface area contributed by atoms with Crippen molar-refractivity contribution < 1.29 is 0 Å². The minimum Gasteiger partial charge on any atom is -0.384 e. The van der Waals surface area contributed by atoms with E-state index in [1.807, 2.05) is 18.7 Å². The molecule has 0 bridgehead atoms. The smallest absolute Gasteiger partial charge is 0.0946 e. The molecule has 0 aliphatic carbocycles. The Morgan fingerprint density at radius 3 is 3.06 bits per heavy atom. The molecular formula is C15H19N3. The molecule has 2 aromatic rings. The minimum absolute atomic E-state index is 0.250. The number of nitrogens with one attached hydrogen (secondary N) is 1. The van der Waals surface area contributed by atoms with Gasteiger partial charge >= 0.3 is 0 Å². The van der Waals surface area contributed by atoms with Crippen LogP contribution in [0.15, 0.2) is 36.9 Å². The third kappa shape index (κ3) is 2.01. The van der Waals surface area contributed by atoms with Crippen LogP contribution >= 0.6 is 0 Å². The number of anilines is 1. The fraction of sp³-hybridized carbons (Fsp3) is 0.400. The number of fused-ring (bicyclic) bond motifs is 1. The zero-order valence-corrected chi connectivity index (χ0v) is 11.0. The van der Waals surface area contributed by atoms with Crippen LogP contribution in [0.3, 0.4) is 0 Å². The van der Waals surface area contributed by atoms with Crippen molar-refractivity contribution in [3.63, 3.8) is 0 Å². The standard InChI is InChI=1S/C15H19N3/c1-15(2)10-17-14-4-3-12(9-13(14)15)5-7-18-8-6-16-11-18/h3-4,6,8-9,11,17H,5,7,10H2,1-2H3. The molecule has 1 aromatic carbocycles. The van der Waals surface area contributed by atoms with E-state index in [1.54, 1.807) is 0 Å². The van der Waals surface area contributed by atoms with Crippen molar-refractivity contribution in [3.05, 3.63) is 48.0 Å². The summed E-state index contributed by atoms with van der Waals surface area (Å²) in [4.78, 5) is 4.07. The van der Waals surface area contributed by atoms with E-state index in [9.17, 15) is 0 Å². The average molecular weight is 241 g/mol. The molecule has 1 aliphatic rings. The fourth-order valence-corrected chi connectivity index (χ4v) is 2.55. The van der Waals surface area contributed by atoms with Crippen LogP contribution in [0.1, 0.15) is 25.0 Å². The minimum atomic E-state index is 0.250. The van der Waals surface area contributed by atoms with E-state index in [4.69, 9.17) is 0 Å². The van der Waals surface area contributed by atoms with Crippen LogP contribution in [0.5, 0.6) is 0 Å². The first-order valence-corrected chi connectivity index (χ1v) is 6.48. The van der Waals surface area contributed by atoms with Gasteiger partial charge in [0, 0.05) is 36.6 Å². The number of hydrogen-bond acceptors (Lipinski definition) is 2. The molecule has 94 valence electrons. The fourth-order valence-electron chi connectivity index (χ4n) is 2.55. The van der Waals surface area contributed by atoms with E-state index in [0.717, 1.165) is 19.5 Å². The molecule has 1 aliphatic heterocycles. The van der Waals surface area contributed by atoms with Crippen LogP contribution in [0.2, 0.25) is 0 Å². The van der Waals surface area contributed by atoms with Crippen LogP contribution in [-0.2, 0) is 18.4 Å². The predicted octanol–water partition coefficient (Wildman–Crippen LogP) is 2.83. The molecule has 3 rings (SSSR count). The van der Waals surface area contributed by atoms with Crippen molar-refractivity contribution in [2.75, 3.05) is 11.9 Å². The van der Waals surface area contributed by atoms with E-state index in [-0.39, 0.29) is 5.41 Å². The summed E-state index contributed by atoms with van der Waals surface area (Å²) in [5.41, 5.74) is 4.40. The lowest BCUT2D eigenvalue weighted by Crippen LogP contribution is -2.19. The lowest BCUT2D eigenvalue weighted by molar-refractivity contribution is 0.585. The van der Waals surface area contributed by atoms with E-state index < -0.39 is 0 Å². The normalized spacial score (nSPS) is 16.3. The van der Waals surface area contributed by atoms with Gasteiger partial charge in [0.1, 0.15) is 0 Å². The second kappa shape index (κ2) is 4.16. The highest BCUT2D eigenvalue weighted by Crippen LogP contribution is 2.36. The maximum absolute atomic E-state index is 4.07. The first-order chi connectivity index (χ1) is 8.65. The van der Waals surface area contributed by atoms with E-state index >= 15 is 0 Å². The number of hydrogen-bond donors (Lipinski definition) is 1.